The molecule has 3 aromatic carbocycles. The summed E-state index contributed by atoms with van der Waals surface area (Å²) in [6.07, 6.45) is 4.86. The third-order valence-electron chi connectivity index (χ3n) is 6.41. The molecule has 0 aliphatic rings. The second kappa shape index (κ2) is 7.66. The van der Waals surface area contributed by atoms with E-state index >= 15 is 0 Å². The minimum absolute atomic E-state index is 0.0421. The van der Waals surface area contributed by atoms with Gasteiger partial charge in [-0.2, -0.15) is 0 Å². The normalized spacial score (nSPS) is 12.7. The lowest BCUT2D eigenvalue weighted by Crippen LogP contribution is -2.12. The predicted octanol–water partition coefficient (Wildman–Crippen LogP) is 8.49. The molecule has 2 heterocycles. The second-order valence-electron chi connectivity index (χ2n) is 11.4. The highest BCUT2D eigenvalue weighted by Crippen LogP contribution is 2.38. The molecule has 0 saturated carbocycles. The van der Waals surface area contributed by atoms with Crippen LogP contribution < -0.4 is 0 Å². The molecule has 0 atom stereocenters. The minimum atomic E-state index is 0.0421. The summed E-state index contributed by atoms with van der Waals surface area (Å²) in [7, 11) is 0. The largest absolute Gasteiger partial charge is 0.261 e. The summed E-state index contributed by atoms with van der Waals surface area (Å²) in [4.78, 5) is 9.62. The number of benzene rings is 3. The van der Waals surface area contributed by atoms with E-state index in [0.29, 0.717) is 0 Å². The second-order valence-corrected chi connectivity index (χ2v) is 11.4. The monoisotopic (exact) mass is 432 g/mol. The molecule has 0 spiro atoms. The summed E-state index contributed by atoms with van der Waals surface area (Å²) in [5.74, 6) is 0. The third-order valence-corrected chi connectivity index (χ3v) is 6.41. The quantitative estimate of drug-likeness (QED) is 0.261. The maximum Gasteiger partial charge on any atom is 0.0780 e. The Labute approximate surface area is 196 Å². The van der Waals surface area contributed by atoms with E-state index in [0.717, 1.165) is 12.1 Å². The van der Waals surface area contributed by atoms with Gasteiger partial charge in [-0.15, -0.1) is 0 Å². The van der Waals surface area contributed by atoms with Gasteiger partial charge in [-0.3, -0.25) is 9.97 Å². The molecule has 0 bridgehead atoms. The van der Waals surface area contributed by atoms with Crippen molar-refractivity contribution in [3.8, 4) is 11.3 Å². The van der Waals surface area contributed by atoms with Crippen LogP contribution in [-0.4, -0.2) is 9.97 Å². The molecule has 0 aliphatic heterocycles. The summed E-state index contributed by atoms with van der Waals surface area (Å²) in [6.45, 7) is 13.7. The van der Waals surface area contributed by atoms with Crippen LogP contribution in [0.4, 0.5) is 0 Å². The Bertz CT molecular complexity index is 1500. The van der Waals surface area contributed by atoms with Crippen LogP contribution in [0.2, 0.25) is 0 Å². The number of rotatable bonds is 2. The fourth-order valence-corrected chi connectivity index (χ4v) is 4.92. The lowest BCUT2D eigenvalue weighted by molar-refractivity contribution is 0.408. The van der Waals surface area contributed by atoms with E-state index < -0.39 is 0 Å². The molecule has 0 N–H and O–H groups in total. The molecule has 5 rings (SSSR count). The smallest absolute Gasteiger partial charge is 0.0780 e. The topological polar surface area (TPSA) is 25.8 Å². The van der Waals surface area contributed by atoms with Gasteiger partial charge >= 0.3 is 0 Å². The molecule has 0 saturated heterocycles. The van der Waals surface area contributed by atoms with Gasteiger partial charge in [0.05, 0.1) is 5.69 Å². The molecular weight excluding hydrogens is 400 g/mol. The lowest BCUT2D eigenvalue weighted by atomic mass is 9.82. The van der Waals surface area contributed by atoms with E-state index in [1.807, 2.05) is 12.4 Å². The molecule has 2 heteroatoms. The van der Waals surface area contributed by atoms with E-state index in [-0.39, 0.29) is 10.8 Å². The molecule has 33 heavy (non-hydrogen) atoms. The fourth-order valence-electron chi connectivity index (χ4n) is 4.92. The highest BCUT2D eigenvalue weighted by atomic mass is 14.7. The van der Waals surface area contributed by atoms with Crippen LogP contribution in [-0.2, 0) is 11.8 Å². The number of aromatic nitrogens is 2. The zero-order valence-corrected chi connectivity index (χ0v) is 20.5. The Morgan fingerprint density at radius 2 is 1.30 bits per heavy atom. The van der Waals surface area contributed by atoms with Crippen molar-refractivity contribution >= 4 is 32.3 Å². The Kier molecular flexibility index (Phi) is 5.01. The predicted molar refractivity (Wildman–Crippen MR) is 142 cm³/mol. The maximum absolute atomic E-state index is 4.88. The zero-order valence-electron chi connectivity index (χ0n) is 20.5. The molecular formula is C31H32N2. The van der Waals surface area contributed by atoms with E-state index in [1.54, 1.807) is 0 Å². The van der Waals surface area contributed by atoms with Crippen molar-refractivity contribution in [2.45, 2.75) is 53.4 Å². The average Bonchev–Trinajstić information content (AvgIpc) is 2.76. The number of hydrogen-bond acceptors (Lipinski definition) is 2. The zero-order chi connectivity index (χ0) is 23.4. The van der Waals surface area contributed by atoms with E-state index in [9.17, 15) is 0 Å². The van der Waals surface area contributed by atoms with Crippen LogP contribution in [0.1, 0.15) is 52.8 Å². The van der Waals surface area contributed by atoms with Crippen molar-refractivity contribution in [2.24, 2.45) is 5.41 Å². The first-order valence-corrected chi connectivity index (χ1v) is 11.8. The van der Waals surface area contributed by atoms with E-state index in [1.165, 1.54) is 49.1 Å². The van der Waals surface area contributed by atoms with Gasteiger partial charge in [0, 0.05) is 34.4 Å². The molecule has 0 unspecified atom stereocenters. The maximum atomic E-state index is 4.88. The Balaban J connectivity index is 1.77. The highest BCUT2D eigenvalue weighted by Gasteiger charge is 2.20. The van der Waals surface area contributed by atoms with Gasteiger partial charge in [0.2, 0.25) is 0 Å². The lowest BCUT2D eigenvalue weighted by Gasteiger charge is -2.23. The SMILES string of the molecule is CC(C)(C)Cc1nccc2c1ccc1c(-c3cc(C(C)(C)C)c4ccccc4c3)nccc12. The van der Waals surface area contributed by atoms with Gasteiger partial charge in [0.15, 0.2) is 0 Å². The molecule has 0 radical (unpaired) electrons. The number of hydrogen-bond donors (Lipinski definition) is 0. The van der Waals surface area contributed by atoms with Gasteiger partial charge in [-0.1, -0.05) is 77.9 Å². The highest BCUT2D eigenvalue weighted by molar-refractivity contribution is 6.12. The minimum Gasteiger partial charge on any atom is -0.261 e. The first kappa shape index (κ1) is 21.6. The van der Waals surface area contributed by atoms with Gasteiger partial charge in [0.1, 0.15) is 0 Å². The average molecular weight is 433 g/mol. The first-order valence-electron chi connectivity index (χ1n) is 11.8. The van der Waals surface area contributed by atoms with Crippen LogP contribution >= 0.6 is 0 Å². The van der Waals surface area contributed by atoms with Crippen molar-refractivity contribution < 1.29 is 0 Å². The number of pyridine rings is 2. The summed E-state index contributed by atoms with van der Waals surface area (Å²) < 4.78 is 0. The Morgan fingerprint density at radius 3 is 2.03 bits per heavy atom. The Morgan fingerprint density at radius 1 is 0.636 bits per heavy atom. The molecule has 0 amide bonds. The van der Waals surface area contributed by atoms with E-state index in [2.05, 4.69) is 102 Å². The van der Waals surface area contributed by atoms with Gasteiger partial charge in [-0.05, 0) is 68.6 Å². The van der Waals surface area contributed by atoms with Crippen LogP contribution in [0, 0.1) is 5.41 Å². The van der Waals surface area contributed by atoms with Gasteiger partial charge in [-0.25, -0.2) is 0 Å². The van der Waals surface area contributed by atoms with Crippen molar-refractivity contribution in [1.82, 2.24) is 9.97 Å². The van der Waals surface area contributed by atoms with Crippen molar-refractivity contribution in [3.05, 3.63) is 84.3 Å². The summed E-state index contributed by atoms with van der Waals surface area (Å²) in [5, 5.41) is 7.50. The molecule has 0 fully saturated rings. The fraction of sp³-hybridized carbons (Fsp3) is 0.290. The van der Waals surface area contributed by atoms with Crippen LogP contribution in [0.3, 0.4) is 0 Å². The van der Waals surface area contributed by atoms with Crippen molar-refractivity contribution in [2.75, 3.05) is 0 Å². The van der Waals surface area contributed by atoms with Gasteiger partial charge < -0.3 is 0 Å². The van der Waals surface area contributed by atoms with Crippen LogP contribution in [0.5, 0.6) is 0 Å². The van der Waals surface area contributed by atoms with E-state index in [4.69, 9.17) is 9.97 Å². The molecule has 2 nitrogen and oxygen atoms in total. The third kappa shape index (κ3) is 3.99. The summed E-state index contributed by atoms with van der Waals surface area (Å²) >= 11 is 0. The van der Waals surface area contributed by atoms with Gasteiger partial charge in [0.25, 0.3) is 0 Å². The molecule has 2 aromatic heterocycles. The number of fused-ring (bicyclic) bond motifs is 4. The first-order chi connectivity index (χ1) is 15.6. The van der Waals surface area contributed by atoms with Crippen molar-refractivity contribution in [3.63, 3.8) is 0 Å². The summed E-state index contributed by atoms with van der Waals surface area (Å²) in [6, 6.07) is 22.1. The molecule has 5 aromatic rings. The summed E-state index contributed by atoms with van der Waals surface area (Å²) in [5.41, 5.74) is 4.97. The number of nitrogens with zero attached hydrogens (tertiary/aromatic N) is 2. The Hall–Kier alpha value is -3.26. The molecule has 166 valence electrons. The van der Waals surface area contributed by atoms with Crippen molar-refractivity contribution in [1.29, 1.82) is 0 Å². The van der Waals surface area contributed by atoms with Crippen LogP contribution in [0.15, 0.2) is 73.1 Å². The molecule has 0 aliphatic carbocycles. The standard InChI is InChI=1S/C31H32N2/c1-30(2,3)19-28-25-11-12-26-24(23(25)13-15-32-28)14-16-33-29(26)21-17-20-9-7-8-10-22(20)27(18-21)31(4,5)6/h7-18H,19H2,1-6H3. The van der Waals surface area contributed by atoms with Crippen LogP contribution in [0.25, 0.3) is 43.6 Å².